The van der Waals surface area contributed by atoms with Crippen LogP contribution in [0.2, 0.25) is 0 Å². The Labute approximate surface area is 68.3 Å². The van der Waals surface area contributed by atoms with Crippen molar-refractivity contribution in [1.82, 2.24) is 5.32 Å². The van der Waals surface area contributed by atoms with Crippen molar-refractivity contribution in [3.63, 3.8) is 0 Å². The third kappa shape index (κ3) is 1.42. The molecule has 0 bridgehead atoms. The number of hydrogen-bond acceptors (Lipinski definition) is 2. The largest absolute Gasteiger partial charge is 0.378 e. The molecule has 3 atom stereocenters. The molecule has 1 saturated heterocycles. The van der Waals surface area contributed by atoms with Gasteiger partial charge in [-0.3, -0.25) is 0 Å². The van der Waals surface area contributed by atoms with Gasteiger partial charge in [0.15, 0.2) is 0 Å². The summed E-state index contributed by atoms with van der Waals surface area (Å²) in [5, 5.41) is 3.19. The van der Waals surface area contributed by atoms with E-state index in [4.69, 9.17) is 4.74 Å². The number of nitrogens with one attached hydrogen (secondary N) is 1. The normalized spacial score (nSPS) is 41.7. The Hall–Kier alpha value is -0.0800. The summed E-state index contributed by atoms with van der Waals surface area (Å²) in [6.07, 6.45) is 4.67. The molecule has 1 aliphatic carbocycles. The summed E-state index contributed by atoms with van der Waals surface area (Å²) >= 11 is 0. The van der Waals surface area contributed by atoms with Gasteiger partial charge in [-0.2, -0.15) is 0 Å². The molecule has 0 aromatic heterocycles. The predicted molar refractivity (Wildman–Crippen MR) is 44.5 cm³/mol. The van der Waals surface area contributed by atoms with Crippen LogP contribution in [-0.2, 0) is 4.74 Å². The van der Waals surface area contributed by atoms with E-state index < -0.39 is 0 Å². The molecular formula is C9H17NO. The van der Waals surface area contributed by atoms with Crippen LogP contribution >= 0.6 is 0 Å². The van der Waals surface area contributed by atoms with Gasteiger partial charge in [-0.05, 0) is 44.7 Å². The van der Waals surface area contributed by atoms with E-state index in [1.54, 1.807) is 0 Å². The van der Waals surface area contributed by atoms with E-state index in [-0.39, 0.29) is 0 Å². The van der Waals surface area contributed by atoms with Crippen molar-refractivity contribution in [2.75, 3.05) is 20.2 Å². The smallest absolute Gasteiger partial charge is 0.0639 e. The van der Waals surface area contributed by atoms with Crippen LogP contribution in [0.5, 0.6) is 0 Å². The Morgan fingerprint density at radius 1 is 1.55 bits per heavy atom. The summed E-state index contributed by atoms with van der Waals surface area (Å²) in [6, 6.07) is 0. The van der Waals surface area contributed by atoms with Crippen LogP contribution in [0.15, 0.2) is 0 Å². The van der Waals surface area contributed by atoms with Crippen LogP contribution in [-0.4, -0.2) is 26.3 Å². The fourth-order valence-electron chi connectivity index (χ4n) is 2.26. The maximum absolute atomic E-state index is 5.63. The Morgan fingerprint density at radius 3 is 3.09 bits per heavy atom. The lowest BCUT2D eigenvalue weighted by Gasteiger charge is -2.07. The van der Waals surface area contributed by atoms with E-state index >= 15 is 0 Å². The second kappa shape index (κ2) is 3.11. The maximum atomic E-state index is 5.63. The van der Waals surface area contributed by atoms with Gasteiger partial charge in [0.25, 0.3) is 0 Å². The zero-order valence-corrected chi connectivity index (χ0v) is 7.18. The van der Waals surface area contributed by atoms with Crippen LogP contribution in [0.3, 0.4) is 0 Å². The SMILES string of the molecule is CNCCC1[C@H]2CCCO[C@@H]12. The molecule has 2 aliphatic rings. The van der Waals surface area contributed by atoms with Crippen molar-refractivity contribution in [3.05, 3.63) is 0 Å². The summed E-state index contributed by atoms with van der Waals surface area (Å²) in [6.45, 7) is 2.16. The van der Waals surface area contributed by atoms with Gasteiger partial charge in [-0.15, -0.1) is 0 Å². The summed E-state index contributed by atoms with van der Waals surface area (Å²) in [7, 11) is 2.02. The molecule has 1 aliphatic heterocycles. The minimum atomic E-state index is 0.650. The molecule has 1 heterocycles. The molecule has 1 saturated carbocycles. The predicted octanol–water partition coefficient (Wildman–Crippen LogP) is 1.02. The second-order valence-corrected chi connectivity index (χ2v) is 3.70. The third-order valence-corrected chi connectivity index (χ3v) is 2.97. The summed E-state index contributed by atoms with van der Waals surface area (Å²) in [5.74, 6) is 1.82. The quantitative estimate of drug-likeness (QED) is 0.657. The Balaban J connectivity index is 1.72. The Kier molecular flexibility index (Phi) is 2.14. The zero-order chi connectivity index (χ0) is 7.68. The summed E-state index contributed by atoms with van der Waals surface area (Å²) < 4.78 is 5.63. The highest BCUT2D eigenvalue weighted by molar-refractivity contribution is 5.00. The molecule has 0 aromatic rings. The molecule has 2 heteroatoms. The molecule has 0 aromatic carbocycles. The van der Waals surface area contributed by atoms with Gasteiger partial charge in [0.05, 0.1) is 6.10 Å². The minimum Gasteiger partial charge on any atom is -0.378 e. The van der Waals surface area contributed by atoms with Crippen LogP contribution in [0, 0.1) is 11.8 Å². The van der Waals surface area contributed by atoms with Crippen molar-refractivity contribution in [1.29, 1.82) is 0 Å². The molecule has 0 spiro atoms. The lowest BCUT2D eigenvalue weighted by molar-refractivity contribution is 0.0750. The first-order valence-corrected chi connectivity index (χ1v) is 4.69. The van der Waals surface area contributed by atoms with Gasteiger partial charge in [0.1, 0.15) is 0 Å². The summed E-state index contributed by atoms with van der Waals surface area (Å²) in [5.41, 5.74) is 0. The zero-order valence-electron chi connectivity index (χ0n) is 7.18. The standard InChI is InChI=1S/C9H17NO/c1-10-5-4-8-7-3-2-6-11-9(7)8/h7-10H,2-6H2,1H3/t7-,8?,9-/m1/s1. The molecule has 2 rings (SSSR count). The molecule has 2 nitrogen and oxygen atoms in total. The molecule has 11 heavy (non-hydrogen) atoms. The van der Waals surface area contributed by atoms with Crippen LogP contribution in [0.4, 0.5) is 0 Å². The van der Waals surface area contributed by atoms with Gasteiger partial charge >= 0.3 is 0 Å². The van der Waals surface area contributed by atoms with Gasteiger partial charge in [0.2, 0.25) is 0 Å². The molecule has 1 unspecified atom stereocenters. The maximum Gasteiger partial charge on any atom is 0.0639 e. The highest BCUT2D eigenvalue weighted by Gasteiger charge is 2.51. The van der Waals surface area contributed by atoms with Crippen LogP contribution in [0.25, 0.3) is 0 Å². The van der Waals surface area contributed by atoms with E-state index in [0.29, 0.717) is 6.10 Å². The molecule has 2 fully saturated rings. The molecule has 1 N–H and O–H groups in total. The first kappa shape index (κ1) is 7.56. The van der Waals surface area contributed by atoms with E-state index in [9.17, 15) is 0 Å². The number of fused-ring (bicyclic) bond motifs is 1. The second-order valence-electron chi connectivity index (χ2n) is 3.70. The number of hydrogen-bond donors (Lipinski definition) is 1. The van der Waals surface area contributed by atoms with Gasteiger partial charge < -0.3 is 10.1 Å². The highest BCUT2D eigenvalue weighted by Crippen LogP contribution is 2.49. The first-order valence-electron chi connectivity index (χ1n) is 4.69. The summed E-state index contributed by atoms with van der Waals surface area (Å²) in [4.78, 5) is 0. The highest BCUT2D eigenvalue weighted by atomic mass is 16.5. The Bertz CT molecular complexity index is 126. The van der Waals surface area contributed by atoms with E-state index in [1.165, 1.54) is 19.3 Å². The topological polar surface area (TPSA) is 21.3 Å². The Morgan fingerprint density at radius 2 is 2.45 bits per heavy atom. The van der Waals surface area contributed by atoms with E-state index in [0.717, 1.165) is 25.0 Å². The monoisotopic (exact) mass is 155 g/mol. The van der Waals surface area contributed by atoms with Crippen LogP contribution < -0.4 is 5.32 Å². The van der Waals surface area contributed by atoms with Crippen molar-refractivity contribution in [2.24, 2.45) is 11.8 Å². The fraction of sp³-hybridized carbons (Fsp3) is 1.00. The lowest BCUT2D eigenvalue weighted by Crippen LogP contribution is -2.09. The average molecular weight is 155 g/mol. The van der Waals surface area contributed by atoms with Crippen molar-refractivity contribution in [2.45, 2.75) is 25.4 Å². The fourth-order valence-corrected chi connectivity index (χ4v) is 2.26. The molecule has 64 valence electrons. The van der Waals surface area contributed by atoms with Crippen molar-refractivity contribution in [3.8, 4) is 0 Å². The van der Waals surface area contributed by atoms with E-state index in [1.807, 2.05) is 7.05 Å². The lowest BCUT2D eigenvalue weighted by atomic mass is 10.1. The van der Waals surface area contributed by atoms with Crippen LogP contribution in [0.1, 0.15) is 19.3 Å². The molecular weight excluding hydrogens is 138 g/mol. The number of rotatable bonds is 3. The van der Waals surface area contributed by atoms with Gasteiger partial charge in [-0.1, -0.05) is 0 Å². The average Bonchev–Trinajstić information content (AvgIpc) is 2.75. The molecule has 0 amide bonds. The van der Waals surface area contributed by atoms with Crippen molar-refractivity contribution < 1.29 is 4.74 Å². The number of ether oxygens (including phenoxy) is 1. The van der Waals surface area contributed by atoms with Gasteiger partial charge in [-0.25, -0.2) is 0 Å². The van der Waals surface area contributed by atoms with E-state index in [2.05, 4.69) is 5.32 Å². The van der Waals surface area contributed by atoms with Gasteiger partial charge in [0, 0.05) is 6.61 Å². The first-order chi connectivity index (χ1) is 5.43. The minimum absolute atomic E-state index is 0.650. The third-order valence-electron chi connectivity index (χ3n) is 2.97. The molecule has 0 radical (unpaired) electrons. The van der Waals surface area contributed by atoms with Crippen molar-refractivity contribution >= 4 is 0 Å².